The third-order valence-electron chi connectivity index (χ3n) is 2.44. The fourth-order valence-corrected chi connectivity index (χ4v) is 1.60. The SMILES string of the molecule is CC(C)(C)NC(=O)CCNC(=O)c1ccnc(CN)c1.Cl. The Morgan fingerprint density at radius 1 is 1.33 bits per heavy atom. The summed E-state index contributed by atoms with van der Waals surface area (Å²) in [4.78, 5) is 27.5. The fraction of sp³-hybridized carbons (Fsp3) is 0.500. The van der Waals surface area contributed by atoms with Crippen LogP contribution in [0, 0.1) is 0 Å². The first-order valence-electron chi connectivity index (χ1n) is 6.56. The first-order valence-corrected chi connectivity index (χ1v) is 6.56. The van der Waals surface area contributed by atoms with E-state index in [0.29, 0.717) is 17.8 Å². The summed E-state index contributed by atoms with van der Waals surface area (Å²) < 4.78 is 0. The van der Waals surface area contributed by atoms with E-state index in [4.69, 9.17) is 5.73 Å². The molecule has 0 unspecified atom stereocenters. The molecule has 2 amide bonds. The highest BCUT2D eigenvalue weighted by atomic mass is 35.5. The summed E-state index contributed by atoms with van der Waals surface area (Å²) in [6.45, 7) is 6.31. The first kappa shape index (κ1) is 19.3. The minimum atomic E-state index is -0.262. The lowest BCUT2D eigenvalue weighted by atomic mass is 10.1. The normalized spacial score (nSPS) is 10.5. The maximum atomic E-state index is 11.9. The van der Waals surface area contributed by atoms with Crippen molar-refractivity contribution in [2.75, 3.05) is 6.54 Å². The van der Waals surface area contributed by atoms with Gasteiger partial charge in [-0.3, -0.25) is 14.6 Å². The Morgan fingerprint density at radius 2 is 2.00 bits per heavy atom. The predicted octanol–water partition coefficient (Wildman–Crippen LogP) is 0.997. The zero-order valence-electron chi connectivity index (χ0n) is 12.6. The molecule has 0 aliphatic rings. The van der Waals surface area contributed by atoms with Gasteiger partial charge >= 0.3 is 0 Å². The summed E-state index contributed by atoms with van der Waals surface area (Å²) in [5.74, 6) is -0.319. The number of hydrogen-bond acceptors (Lipinski definition) is 4. The molecule has 1 heterocycles. The van der Waals surface area contributed by atoms with Crippen LogP contribution in [-0.2, 0) is 11.3 Å². The number of carbonyl (C=O) groups is 2. The highest BCUT2D eigenvalue weighted by molar-refractivity contribution is 5.94. The van der Waals surface area contributed by atoms with Gasteiger partial charge in [0, 0.05) is 36.8 Å². The number of halogens is 1. The number of hydrogen-bond donors (Lipinski definition) is 3. The minimum absolute atomic E-state index is 0. The van der Waals surface area contributed by atoms with Crippen LogP contribution >= 0.6 is 12.4 Å². The van der Waals surface area contributed by atoms with E-state index >= 15 is 0 Å². The molecule has 0 fully saturated rings. The van der Waals surface area contributed by atoms with E-state index in [1.165, 1.54) is 0 Å². The minimum Gasteiger partial charge on any atom is -0.352 e. The van der Waals surface area contributed by atoms with Crippen LogP contribution in [0.2, 0.25) is 0 Å². The van der Waals surface area contributed by atoms with Crippen LogP contribution in [0.1, 0.15) is 43.2 Å². The molecule has 4 N–H and O–H groups in total. The van der Waals surface area contributed by atoms with Gasteiger partial charge in [-0.25, -0.2) is 0 Å². The summed E-state index contributed by atoms with van der Waals surface area (Å²) in [5.41, 5.74) is 6.36. The quantitative estimate of drug-likeness (QED) is 0.755. The van der Waals surface area contributed by atoms with Crippen molar-refractivity contribution >= 4 is 24.2 Å². The van der Waals surface area contributed by atoms with E-state index in [1.54, 1.807) is 18.3 Å². The Balaban J connectivity index is 0.00000400. The molecule has 21 heavy (non-hydrogen) atoms. The molecule has 0 bridgehead atoms. The van der Waals surface area contributed by atoms with Crippen LogP contribution < -0.4 is 16.4 Å². The molecule has 1 aromatic heterocycles. The molecule has 1 aromatic rings. The molecule has 0 radical (unpaired) electrons. The number of aromatic nitrogens is 1. The Hall–Kier alpha value is -1.66. The van der Waals surface area contributed by atoms with Crippen LogP contribution in [0.15, 0.2) is 18.3 Å². The molecular formula is C14H23ClN4O2. The molecule has 1 rings (SSSR count). The van der Waals surface area contributed by atoms with Gasteiger partial charge in [-0.2, -0.15) is 0 Å². The van der Waals surface area contributed by atoms with Gasteiger partial charge in [0.15, 0.2) is 0 Å². The zero-order valence-corrected chi connectivity index (χ0v) is 13.4. The summed E-state index contributed by atoms with van der Waals surface area (Å²) in [7, 11) is 0. The van der Waals surface area contributed by atoms with Crippen LogP contribution in [0.5, 0.6) is 0 Å². The topological polar surface area (TPSA) is 97.1 Å². The number of carbonyl (C=O) groups excluding carboxylic acids is 2. The highest BCUT2D eigenvalue weighted by Crippen LogP contribution is 2.02. The highest BCUT2D eigenvalue weighted by Gasteiger charge is 2.13. The largest absolute Gasteiger partial charge is 0.352 e. The van der Waals surface area contributed by atoms with Gasteiger partial charge in [-0.1, -0.05) is 0 Å². The summed E-state index contributed by atoms with van der Waals surface area (Å²) >= 11 is 0. The predicted molar refractivity (Wildman–Crippen MR) is 84.2 cm³/mol. The molecule has 6 nitrogen and oxygen atoms in total. The molecule has 0 aromatic carbocycles. The summed E-state index contributed by atoms with van der Waals surface area (Å²) in [6, 6.07) is 3.26. The fourth-order valence-electron chi connectivity index (χ4n) is 1.60. The molecule has 0 saturated heterocycles. The van der Waals surface area contributed by atoms with Crippen LogP contribution in [0.25, 0.3) is 0 Å². The van der Waals surface area contributed by atoms with Crippen molar-refractivity contribution in [2.45, 2.75) is 39.3 Å². The lowest BCUT2D eigenvalue weighted by Gasteiger charge is -2.20. The number of pyridine rings is 1. The van der Waals surface area contributed by atoms with Gasteiger partial charge in [0.25, 0.3) is 5.91 Å². The molecule has 0 atom stereocenters. The average molecular weight is 315 g/mol. The van der Waals surface area contributed by atoms with Crippen molar-refractivity contribution in [1.82, 2.24) is 15.6 Å². The third kappa shape index (κ3) is 7.63. The molecular weight excluding hydrogens is 292 g/mol. The van der Waals surface area contributed by atoms with Gasteiger partial charge in [-0.05, 0) is 32.9 Å². The molecule has 118 valence electrons. The van der Waals surface area contributed by atoms with Crippen molar-refractivity contribution in [3.05, 3.63) is 29.6 Å². The molecule has 0 spiro atoms. The molecule has 0 saturated carbocycles. The average Bonchev–Trinajstić information content (AvgIpc) is 2.36. The third-order valence-corrected chi connectivity index (χ3v) is 2.44. The van der Waals surface area contributed by atoms with E-state index in [9.17, 15) is 9.59 Å². The Morgan fingerprint density at radius 3 is 2.57 bits per heavy atom. The number of rotatable bonds is 5. The Kier molecular flexibility index (Phi) is 7.91. The number of nitrogens with one attached hydrogen (secondary N) is 2. The van der Waals surface area contributed by atoms with Gasteiger partial charge in [0.05, 0.1) is 5.69 Å². The molecule has 0 aliphatic heterocycles. The van der Waals surface area contributed by atoms with Crippen molar-refractivity contribution in [2.24, 2.45) is 5.73 Å². The summed E-state index contributed by atoms with van der Waals surface area (Å²) in [5, 5.41) is 5.53. The van der Waals surface area contributed by atoms with E-state index in [2.05, 4.69) is 15.6 Å². The lowest BCUT2D eigenvalue weighted by Crippen LogP contribution is -2.42. The van der Waals surface area contributed by atoms with E-state index in [1.807, 2.05) is 20.8 Å². The second kappa shape index (κ2) is 8.59. The van der Waals surface area contributed by atoms with E-state index in [-0.39, 0.29) is 42.7 Å². The van der Waals surface area contributed by atoms with Crippen LogP contribution in [0.3, 0.4) is 0 Å². The van der Waals surface area contributed by atoms with Crippen LogP contribution in [-0.4, -0.2) is 28.9 Å². The molecule has 0 aliphatic carbocycles. The standard InChI is InChI=1S/C14H22N4O2.ClH/c1-14(2,3)18-12(19)5-7-17-13(20)10-4-6-16-11(8-10)9-15;/h4,6,8H,5,7,9,15H2,1-3H3,(H,17,20)(H,18,19);1H. The van der Waals surface area contributed by atoms with Crippen LogP contribution in [0.4, 0.5) is 0 Å². The second-order valence-corrected chi connectivity index (χ2v) is 5.54. The second-order valence-electron chi connectivity index (χ2n) is 5.54. The Bertz CT molecular complexity index is 486. The molecule has 7 heteroatoms. The zero-order chi connectivity index (χ0) is 15.2. The van der Waals surface area contributed by atoms with Crippen molar-refractivity contribution in [1.29, 1.82) is 0 Å². The van der Waals surface area contributed by atoms with Gasteiger partial charge < -0.3 is 16.4 Å². The van der Waals surface area contributed by atoms with Crippen molar-refractivity contribution < 1.29 is 9.59 Å². The number of nitrogens with zero attached hydrogens (tertiary/aromatic N) is 1. The first-order chi connectivity index (χ1) is 9.31. The maximum Gasteiger partial charge on any atom is 0.251 e. The van der Waals surface area contributed by atoms with Gasteiger partial charge in [0.2, 0.25) is 5.91 Å². The monoisotopic (exact) mass is 314 g/mol. The lowest BCUT2D eigenvalue weighted by molar-refractivity contribution is -0.122. The smallest absolute Gasteiger partial charge is 0.251 e. The Labute approximate surface area is 131 Å². The van der Waals surface area contributed by atoms with E-state index in [0.717, 1.165) is 0 Å². The van der Waals surface area contributed by atoms with Crippen molar-refractivity contribution in [3.8, 4) is 0 Å². The number of nitrogens with two attached hydrogens (primary N) is 1. The van der Waals surface area contributed by atoms with Crippen molar-refractivity contribution in [3.63, 3.8) is 0 Å². The maximum absolute atomic E-state index is 11.9. The van der Waals surface area contributed by atoms with E-state index < -0.39 is 0 Å². The number of amides is 2. The summed E-state index contributed by atoms with van der Waals surface area (Å²) in [6.07, 6.45) is 1.79. The van der Waals surface area contributed by atoms with Gasteiger partial charge in [0.1, 0.15) is 0 Å². The van der Waals surface area contributed by atoms with Gasteiger partial charge in [-0.15, -0.1) is 12.4 Å².